The molecule has 0 rings (SSSR count). The first-order valence-electron chi connectivity index (χ1n) is 1.44. The molecule has 0 nitrogen and oxygen atoms in total. The summed E-state index contributed by atoms with van der Waals surface area (Å²) in [7, 11) is 0. The predicted molar refractivity (Wildman–Crippen MR) is 27.0 cm³/mol. The van der Waals surface area contributed by atoms with E-state index in [9.17, 15) is 0 Å². The quantitative estimate of drug-likeness (QED) is 0.303. The summed E-state index contributed by atoms with van der Waals surface area (Å²) in [6.45, 7) is 3.96. The molecule has 0 amide bonds. The molecule has 30 valence electrons. The van der Waals surface area contributed by atoms with Crippen LogP contribution in [0.25, 0.3) is 0 Å². The molecule has 0 heterocycles. The van der Waals surface area contributed by atoms with Crippen LogP contribution in [0.4, 0.5) is 0 Å². The molecule has 0 N–H and O–H groups in total. The van der Waals surface area contributed by atoms with Crippen molar-refractivity contribution in [2.45, 2.75) is 13.8 Å². The second kappa shape index (κ2) is 5.82. The van der Waals surface area contributed by atoms with E-state index in [1.54, 1.807) is 0 Å². The van der Waals surface area contributed by atoms with E-state index in [1.807, 2.05) is 13.8 Å². The monoisotopic (exact) mass is 140 g/mol. The van der Waals surface area contributed by atoms with Crippen molar-refractivity contribution in [2.24, 2.45) is 0 Å². The van der Waals surface area contributed by atoms with Gasteiger partial charge in [0, 0.05) is 0 Å². The molecule has 0 fully saturated rings. The van der Waals surface area contributed by atoms with Crippen molar-refractivity contribution >= 4 is 15.9 Å². The first-order valence-corrected chi connectivity index (χ1v) is 2.23. The molecule has 0 aromatic carbocycles. The van der Waals surface area contributed by atoms with Gasteiger partial charge in [0.1, 0.15) is 0 Å². The summed E-state index contributed by atoms with van der Waals surface area (Å²) in [6.07, 6.45) is 0. The third kappa shape index (κ3) is 8.84. The van der Waals surface area contributed by atoms with E-state index in [0.29, 0.717) is 0 Å². The van der Waals surface area contributed by atoms with E-state index in [0.717, 1.165) is 0 Å². The number of hydrogen-bond acceptors (Lipinski definition) is 0. The van der Waals surface area contributed by atoms with Gasteiger partial charge in [-0.25, -0.2) is 0 Å². The van der Waals surface area contributed by atoms with Crippen molar-refractivity contribution in [1.29, 1.82) is 0 Å². The number of allylic oxidation sites excluding steroid dienone is 1. The van der Waals surface area contributed by atoms with Crippen LogP contribution in [0.3, 0.4) is 0 Å². The van der Waals surface area contributed by atoms with Crippen molar-refractivity contribution in [3.05, 3.63) is 10.6 Å². The van der Waals surface area contributed by atoms with Crippen LogP contribution in [0.5, 0.6) is 0 Å². The standard InChI is InChI=1S/C4H6Br.Li/c1-4(2)3-5;/h1-2H3;/q-1;+1. The third-order valence-electron chi connectivity index (χ3n) is 0.189. The molecule has 2 heteroatoms. The smallest absolute Gasteiger partial charge is 0.423 e. The summed E-state index contributed by atoms with van der Waals surface area (Å²) in [5.74, 6) is 0. The van der Waals surface area contributed by atoms with Crippen molar-refractivity contribution in [3.63, 3.8) is 0 Å². The Morgan fingerprint density at radius 1 is 1.50 bits per heavy atom. The number of halogens is 1. The van der Waals surface area contributed by atoms with Crippen molar-refractivity contribution < 1.29 is 18.9 Å². The molecule has 0 spiro atoms. The van der Waals surface area contributed by atoms with Gasteiger partial charge < -0.3 is 20.9 Å². The van der Waals surface area contributed by atoms with E-state index in [-0.39, 0.29) is 18.9 Å². The average molecular weight is 141 g/mol. The van der Waals surface area contributed by atoms with Gasteiger partial charge in [0.2, 0.25) is 0 Å². The van der Waals surface area contributed by atoms with Gasteiger partial charge in [-0.3, -0.25) is 5.57 Å². The Bertz CT molecular complexity index is 45.5. The van der Waals surface area contributed by atoms with Crippen molar-refractivity contribution in [3.8, 4) is 0 Å². The van der Waals surface area contributed by atoms with Gasteiger partial charge in [-0.2, -0.15) is 0 Å². The molecular formula is C4H6BrLi. The largest absolute Gasteiger partial charge is 1.00 e. The Morgan fingerprint density at radius 3 is 1.67 bits per heavy atom. The van der Waals surface area contributed by atoms with E-state index < -0.39 is 0 Å². The molecule has 0 aliphatic carbocycles. The minimum atomic E-state index is 0. The molecule has 0 aromatic heterocycles. The van der Waals surface area contributed by atoms with E-state index in [1.165, 1.54) is 5.57 Å². The van der Waals surface area contributed by atoms with E-state index >= 15 is 0 Å². The van der Waals surface area contributed by atoms with Gasteiger partial charge in [-0.05, 0) is 0 Å². The summed E-state index contributed by atoms with van der Waals surface area (Å²) >= 11 is 3.03. The second-order valence-electron chi connectivity index (χ2n) is 1.09. The Morgan fingerprint density at radius 2 is 1.67 bits per heavy atom. The molecule has 0 bridgehead atoms. The van der Waals surface area contributed by atoms with Crippen LogP contribution in [0.1, 0.15) is 13.8 Å². The zero-order valence-corrected chi connectivity index (χ0v) is 5.96. The first kappa shape index (κ1) is 9.94. The summed E-state index contributed by atoms with van der Waals surface area (Å²) in [5, 5.41) is 0. The minimum absolute atomic E-state index is 0. The normalized spacial score (nSPS) is 5.83. The van der Waals surface area contributed by atoms with E-state index in [4.69, 9.17) is 0 Å². The molecule has 0 saturated heterocycles. The van der Waals surface area contributed by atoms with Crippen LogP contribution in [0, 0.1) is 4.99 Å². The first-order chi connectivity index (χ1) is 2.27. The molecule has 0 aliphatic heterocycles. The van der Waals surface area contributed by atoms with Crippen LogP contribution in [0.15, 0.2) is 5.57 Å². The van der Waals surface area contributed by atoms with Crippen LogP contribution in [0.2, 0.25) is 0 Å². The second-order valence-corrected chi connectivity index (χ2v) is 1.49. The third-order valence-corrected chi connectivity index (χ3v) is 0.982. The summed E-state index contributed by atoms with van der Waals surface area (Å²) < 4.78 is 0. The zero-order valence-electron chi connectivity index (χ0n) is 4.38. The fourth-order valence-electron chi connectivity index (χ4n) is 0. The van der Waals surface area contributed by atoms with Crippen molar-refractivity contribution in [1.82, 2.24) is 0 Å². The molecular weight excluding hydrogens is 135 g/mol. The van der Waals surface area contributed by atoms with Gasteiger partial charge in [-0.1, -0.05) is 13.8 Å². The maximum Gasteiger partial charge on any atom is 1.00 e. The van der Waals surface area contributed by atoms with Crippen LogP contribution in [-0.4, -0.2) is 0 Å². The summed E-state index contributed by atoms with van der Waals surface area (Å²) in [6, 6.07) is 0. The van der Waals surface area contributed by atoms with Gasteiger partial charge >= 0.3 is 18.9 Å². The molecule has 0 atom stereocenters. The van der Waals surface area contributed by atoms with E-state index in [2.05, 4.69) is 20.9 Å². The molecule has 0 unspecified atom stereocenters. The molecule has 0 aliphatic rings. The Balaban J connectivity index is 0. The maximum atomic E-state index is 3.03. The minimum Gasteiger partial charge on any atom is -0.423 e. The SMILES string of the molecule is CC(C)=[C-]Br.[Li+]. The van der Waals surface area contributed by atoms with Crippen LogP contribution < -0.4 is 18.9 Å². The Hall–Kier alpha value is 0.817. The molecule has 0 aromatic rings. The average Bonchev–Trinajstić information content (AvgIpc) is 1.38. The fourth-order valence-corrected chi connectivity index (χ4v) is 0. The summed E-state index contributed by atoms with van der Waals surface area (Å²) in [5.41, 5.74) is 1.17. The van der Waals surface area contributed by atoms with Gasteiger partial charge in [0.15, 0.2) is 0 Å². The molecule has 0 saturated carbocycles. The van der Waals surface area contributed by atoms with Crippen LogP contribution in [-0.2, 0) is 0 Å². The summed E-state index contributed by atoms with van der Waals surface area (Å²) in [4.78, 5) is 2.76. The van der Waals surface area contributed by atoms with Gasteiger partial charge in [0.25, 0.3) is 0 Å². The fraction of sp³-hybridized carbons (Fsp3) is 0.500. The molecule has 6 heavy (non-hydrogen) atoms. The van der Waals surface area contributed by atoms with Gasteiger partial charge in [0.05, 0.1) is 0 Å². The zero-order chi connectivity index (χ0) is 4.28. The Labute approximate surface area is 59.3 Å². The number of rotatable bonds is 0. The Kier molecular flexibility index (Phi) is 9.64. The van der Waals surface area contributed by atoms with Crippen LogP contribution >= 0.6 is 15.9 Å². The maximum absolute atomic E-state index is 3.03. The van der Waals surface area contributed by atoms with Gasteiger partial charge in [-0.15, -0.1) is 0 Å². The predicted octanol–water partition coefficient (Wildman–Crippen LogP) is -0.888. The molecule has 0 radical (unpaired) electrons. The number of hydrogen-bond donors (Lipinski definition) is 0. The van der Waals surface area contributed by atoms with Crippen molar-refractivity contribution in [2.75, 3.05) is 0 Å². The topological polar surface area (TPSA) is 0 Å².